The van der Waals surface area contributed by atoms with Gasteiger partial charge in [0.1, 0.15) is 0 Å². The number of amides is 1. The molecular weight excluding hydrogens is 306 g/mol. The summed E-state index contributed by atoms with van der Waals surface area (Å²) in [6.07, 6.45) is 3.14. The Hall–Kier alpha value is -1.75. The first-order valence-corrected chi connectivity index (χ1v) is 6.68. The lowest BCUT2D eigenvalue weighted by Crippen LogP contribution is -2.31. The first-order valence-electron chi connectivity index (χ1n) is 5.89. The molecule has 0 bridgehead atoms. The Kier molecular flexibility index (Phi) is 4.27. The maximum atomic E-state index is 12.3. The molecule has 0 saturated carbocycles. The summed E-state index contributed by atoms with van der Waals surface area (Å²) < 4.78 is 0.753. The molecule has 0 aliphatic heterocycles. The van der Waals surface area contributed by atoms with Crippen molar-refractivity contribution in [2.24, 2.45) is 0 Å². The fraction of sp³-hybridized carbons (Fsp3) is 0.214. The minimum Gasteiger partial charge on any atom is -0.332 e. The van der Waals surface area contributed by atoms with Crippen LogP contribution in [0, 0.1) is 0 Å². The molecule has 0 aliphatic carbocycles. The molecule has 2 rings (SSSR count). The summed E-state index contributed by atoms with van der Waals surface area (Å²) in [6.45, 7) is 1.98. The fourth-order valence-electron chi connectivity index (χ4n) is 1.71. The van der Waals surface area contributed by atoms with Crippen LogP contribution >= 0.6 is 15.9 Å². The van der Waals surface area contributed by atoms with Crippen molar-refractivity contribution in [1.82, 2.24) is 14.9 Å². The predicted molar refractivity (Wildman–Crippen MR) is 76.7 cm³/mol. The summed E-state index contributed by atoms with van der Waals surface area (Å²) in [7, 11) is 1.76. The van der Waals surface area contributed by atoms with E-state index in [9.17, 15) is 4.79 Å². The number of carbonyl (C=O) groups excluding carboxylic acids is 1. The molecular formula is C14H14BrN3O. The van der Waals surface area contributed by atoms with Crippen LogP contribution in [0.3, 0.4) is 0 Å². The molecule has 0 unspecified atom stereocenters. The van der Waals surface area contributed by atoms with E-state index in [1.807, 2.05) is 37.3 Å². The summed E-state index contributed by atoms with van der Waals surface area (Å²) >= 11 is 3.25. The van der Waals surface area contributed by atoms with Gasteiger partial charge in [0.2, 0.25) is 5.82 Å². The molecule has 4 nitrogen and oxygen atoms in total. The molecule has 1 heterocycles. The van der Waals surface area contributed by atoms with E-state index in [-0.39, 0.29) is 17.8 Å². The van der Waals surface area contributed by atoms with Gasteiger partial charge in [-0.15, -0.1) is 0 Å². The molecule has 0 N–H and O–H groups in total. The predicted octanol–water partition coefficient (Wildman–Crippen LogP) is 3.07. The highest BCUT2D eigenvalue weighted by molar-refractivity contribution is 9.10. The van der Waals surface area contributed by atoms with Gasteiger partial charge in [0, 0.05) is 19.4 Å². The third kappa shape index (κ3) is 3.17. The first-order chi connectivity index (χ1) is 9.09. The minimum absolute atomic E-state index is 0.0269. The average molecular weight is 320 g/mol. The minimum atomic E-state index is -0.191. The molecule has 0 fully saturated rings. The normalized spacial score (nSPS) is 11.9. The SMILES string of the molecule is C[C@@H](c1ccccc1)N(C)C(=O)c1ncc(Br)cn1. The van der Waals surface area contributed by atoms with Crippen LogP contribution in [0.15, 0.2) is 47.2 Å². The van der Waals surface area contributed by atoms with E-state index in [0.29, 0.717) is 0 Å². The zero-order valence-electron chi connectivity index (χ0n) is 10.7. The Balaban J connectivity index is 2.17. The Labute approximate surface area is 120 Å². The highest BCUT2D eigenvalue weighted by Gasteiger charge is 2.20. The highest BCUT2D eigenvalue weighted by atomic mass is 79.9. The number of hydrogen-bond acceptors (Lipinski definition) is 3. The number of halogens is 1. The zero-order valence-corrected chi connectivity index (χ0v) is 12.3. The van der Waals surface area contributed by atoms with Gasteiger partial charge in [0.25, 0.3) is 5.91 Å². The van der Waals surface area contributed by atoms with Crippen LogP contribution in [0.4, 0.5) is 0 Å². The van der Waals surface area contributed by atoms with Crippen molar-refractivity contribution in [3.8, 4) is 0 Å². The van der Waals surface area contributed by atoms with Gasteiger partial charge in [-0.25, -0.2) is 9.97 Å². The third-order valence-corrected chi connectivity index (χ3v) is 3.40. The highest BCUT2D eigenvalue weighted by Crippen LogP contribution is 2.19. The fourth-order valence-corrected chi connectivity index (χ4v) is 1.92. The van der Waals surface area contributed by atoms with E-state index < -0.39 is 0 Å². The number of rotatable bonds is 3. The van der Waals surface area contributed by atoms with E-state index in [0.717, 1.165) is 10.0 Å². The van der Waals surface area contributed by atoms with E-state index in [1.165, 1.54) is 0 Å². The van der Waals surface area contributed by atoms with E-state index >= 15 is 0 Å². The molecule has 2 aromatic rings. The van der Waals surface area contributed by atoms with Crippen LogP contribution in [0.1, 0.15) is 29.1 Å². The van der Waals surface area contributed by atoms with Gasteiger partial charge in [-0.3, -0.25) is 4.79 Å². The van der Waals surface area contributed by atoms with Gasteiger partial charge in [0.15, 0.2) is 0 Å². The number of carbonyl (C=O) groups is 1. The van der Waals surface area contributed by atoms with E-state index in [2.05, 4.69) is 25.9 Å². The molecule has 0 aliphatic rings. The second-order valence-electron chi connectivity index (χ2n) is 4.23. The first kappa shape index (κ1) is 13.7. The molecule has 0 saturated heterocycles. The summed E-state index contributed by atoms with van der Waals surface area (Å²) in [5.41, 5.74) is 1.08. The number of nitrogens with zero attached hydrogens (tertiary/aromatic N) is 3. The lowest BCUT2D eigenvalue weighted by molar-refractivity contribution is 0.0730. The molecule has 1 aromatic heterocycles. The molecule has 0 radical (unpaired) electrons. The molecule has 5 heteroatoms. The summed E-state index contributed by atoms with van der Waals surface area (Å²) in [4.78, 5) is 21.9. The lowest BCUT2D eigenvalue weighted by atomic mass is 10.1. The van der Waals surface area contributed by atoms with Gasteiger partial charge >= 0.3 is 0 Å². The Bertz CT molecular complexity index is 557. The van der Waals surface area contributed by atoms with Gasteiger partial charge in [-0.1, -0.05) is 30.3 Å². The van der Waals surface area contributed by atoms with E-state index in [1.54, 1.807) is 24.3 Å². The maximum Gasteiger partial charge on any atom is 0.291 e. The van der Waals surface area contributed by atoms with Crippen molar-refractivity contribution in [3.63, 3.8) is 0 Å². The van der Waals surface area contributed by atoms with E-state index in [4.69, 9.17) is 0 Å². The van der Waals surface area contributed by atoms with Crippen LogP contribution < -0.4 is 0 Å². The molecule has 1 amide bonds. The van der Waals surface area contributed by atoms with Crippen LogP contribution in [-0.4, -0.2) is 27.8 Å². The quantitative estimate of drug-likeness (QED) is 0.873. The monoisotopic (exact) mass is 319 g/mol. The van der Waals surface area contributed by atoms with Crippen molar-refractivity contribution < 1.29 is 4.79 Å². The van der Waals surface area contributed by atoms with Gasteiger partial charge in [0.05, 0.1) is 10.5 Å². The topological polar surface area (TPSA) is 46.1 Å². The number of hydrogen-bond donors (Lipinski definition) is 0. The second-order valence-corrected chi connectivity index (χ2v) is 5.14. The molecule has 98 valence electrons. The number of aromatic nitrogens is 2. The smallest absolute Gasteiger partial charge is 0.291 e. The summed E-state index contributed by atoms with van der Waals surface area (Å²) in [6, 6.07) is 9.84. The van der Waals surface area contributed by atoms with Crippen LogP contribution in [0.5, 0.6) is 0 Å². The third-order valence-electron chi connectivity index (χ3n) is 2.99. The van der Waals surface area contributed by atoms with Gasteiger partial charge in [-0.05, 0) is 28.4 Å². The Morgan fingerprint density at radius 3 is 2.37 bits per heavy atom. The summed E-state index contributed by atoms with van der Waals surface area (Å²) in [5, 5.41) is 0. The molecule has 1 aromatic carbocycles. The van der Waals surface area contributed by atoms with Gasteiger partial charge < -0.3 is 4.90 Å². The molecule has 19 heavy (non-hydrogen) atoms. The van der Waals surface area contributed by atoms with Crippen molar-refractivity contribution in [3.05, 3.63) is 58.6 Å². The van der Waals surface area contributed by atoms with Crippen LogP contribution in [0.2, 0.25) is 0 Å². The molecule has 0 spiro atoms. The molecule has 1 atom stereocenters. The van der Waals surface area contributed by atoms with Gasteiger partial charge in [-0.2, -0.15) is 0 Å². The number of benzene rings is 1. The van der Waals surface area contributed by atoms with Crippen LogP contribution in [-0.2, 0) is 0 Å². The zero-order chi connectivity index (χ0) is 13.8. The second kappa shape index (κ2) is 5.93. The lowest BCUT2D eigenvalue weighted by Gasteiger charge is -2.24. The van der Waals surface area contributed by atoms with Crippen molar-refractivity contribution in [2.45, 2.75) is 13.0 Å². The average Bonchev–Trinajstić information content (AvgIpc) is 2.46. The largest absolute Gasteiger partial charge is 0.332 e. The summed E-state index contributed by atoms with van der Waals surface area (Å²) in [5.74, 6) is 0.0114. The van der Waals surface area contributed by atoms with Crippen molar-refractivity contribution >= 4 is 21.8 Å². The van der Waals surface area contributed by atoms with Crippen molar-refractivity contribution in [2.75, 3.05) is 7.05 Å². The standard InChI is InChI=1S/C14H14BrN3O/c1-10(11-6-4-3-5-7-11)18(2)14(19)13-16-8-12(15)9-17-13/h3-10H,1-2H3/t10-/m0/s1. The Morgan fingerprint density at radius 2 is 1.79 bits per heavy atom. The maximum absolute atomic E-state index is 12.3. The van der Waals surface area contributed by atoms with Crippen molar-refractivity contribution in [1.29, 1.82) is 0 Å². The van der Waals surface area contributed by atoms with Crippen LogP contribution in [0.25, 0.3) is 0 Å². The Morgan fingerprint density at radius 1 is 1.21 bits per heavy atom.